The zero-order chi connectivity index (χ0) is 24.4. The molecule has 2 aromatic rings. The van der Waals surface area contributed by atoms with Crippen molar-refractivity contribution in [3.8, 4) is 0 Å². The molecule has 0 aliphatic heterocycles. The average molecular weight is 493 g/mol. The Bertz CT molecular complexity index is 1020. The third kappa shape index (κ3) is 8.64. The van der Waals surface area contributed by atoms with Crippen LogP contribution in [0.3, 0.4) is 0 Å². The number of ether oxygens (including phenoxy) is 1. The number of unbranched alkanes of at least 4 members (excludes halogenated alkanes) is 1. The standard InChI is InChI=1S/C23H32N4O4S2/c1-17-8-14-20(15-9-17)33(29,30)26-21(22(28)31-4)7-5-6-16-24-23(32)25-18-10-12-19(13-11-18)27(2)3/h8-15,21,26H,5-7,16H2,1-4H3,(H2,24,25,32). The Morgan fingerprint density at radius 1 is 1.06 bits per heavy atom. The monoisotopic (exact) mass is 492 g/mol. The van der Waals surface area contributed by atoms with Crippen molar-refractivity contribution in [2.75, 3.05) is 38.0 Å². The number of carbonyl (C=O) groups is 1. The van der Waals surface area contributed by atoms with Crippen molar-refractivity contribution in [2.24, 2.45) is 0 Å². The maximum Gasteiger partial charge on any atom is 0.323 e. The van der Waals surface area contributed by atoms with Crippen LogP contribution in [0.1, 0.15) is 24.8 Å². The minimum atomic E-state index is -3.83. The van der Waals surface area contributed by atoms with Crippen molar-refractivity contribution in [3.05, 3.63) is 54.1 Å². The van der Waals surface area contributed by atoms with Gasteiger partial charge in [0.15, 0.2) is 5.11 Å². The van der Waals surface area contributed by atoms with E-state index >= 15 is 0 Å². The Kier molecular flexibility index (Phi) is 10.1. The summed E-state index contributed by atoms with van der Waals surface area (Å²) in [4.78, 5) is 14.2. The second-order valence-corrected chi connectivity index (χ2v) is 9.95. The first kappa shape index (κ1) is 26.6. The molecular formula is C23H32N4O4S2. The van der Waals surface area contributed by atoms with E-state index in [0.717, 1.165) is 16.9 Å². The van der Waals surface area contributed by atoms with Crippen molar-refractivity contribution in [1.29, 1.82) is 0 Å². The van der Waals surface area contributed by atoms with Gasteiger partial charge in [0.25, 0.3) is 0 Å². The lowest BCUT2D eigenvalue weighted by molar-refractivity contribution is -0.142. The minimum absolute atomic E-state index is 0.110. The van der Waals surface area contributed by atoms with E-state index in [9.17, 15) is 13.2 Å². The molecule has 1 atom stereocenters. The van der Waals surface area contributed by atoms with Crippen molar-refractivity contribution < 1.29 is 17.9 Å². The van der Waals surface area contributed by atoms with Crippen LogP contribution in [0.15, 0.2) is 53.4 Å². The Morgan fingerprint density at radius 2 is 1.70 bits per heavy atom. The van der Waals surface area contributed by atoms with E-state index in [1.54, 1.807) is 12.1 Å². The third-order valence-corrected chi connectivity index (χ3v) is 6.70. The van der Waals surface area contributed by atoms with Gasteiger partial charge >= 0.3 is 5.97 Å². The fourth-order valence-electron chi connectivity index (χ4n) is 3.03. The van der Waals surface area contributed by atoms with Crippen LogP contribution in [0.2, 0.25) is 0 Å². The number of nitrogens with zero attached hydrogens (tertiary/aromatic N) is 1. The fraction of sp³-hybridized carbons (Fsp3) is 0.391. The van der Waals surface area contributed by atoms with E-state index in [4.69, 9.17) is 17.0 Å². The van der Waals surface area contributed by atoms with Crippen LogP contribution in [0, 0.1) is 6.92 Å². The van der Waals surface area contributed by atoms with Crippen LogP contribution in [0.4, 0.5) is 11.4 Å². The highest BCUT2D eigenvalue weighted by atomic mass is 32.2. The zero-order valence-electron chi connectivity index (χ0n) is 19.4. The predicted octanol–water partition coefficient (Wildman–Crippen LogP) is 3.04. The summed E-state index contributed by atoms with van der Waals surface area (Å²) in [5.41, 5.74) is 2.93. The summed E-state index contributed by atoms with van der Waals surface area (Å²) in [5.74, 6) is -0.614. The van der Waals surface area contributed by atoms with Crippen LogP contribution in [0.5, 0.6) is 0 Å². The smallest absolute Gasteiger partial charge is 0.323 e. The Morgan fingerprint density at radius 3 is 2.27 bits per heavy atom. The Hall–Kier alpha value is -2.69. The number of hydrogen-bond donors (Lipinski definition) is 3. The summed E-state index contributed by atoms with van der Waals surface area (Å²) in [6.45, 7) is 2.46. The third-order valence-electron chi connectivity index (χ3n) is 4.96. The molecule has 0 bridgehead atoms. The van der Waals surface area contributed by atoms with Crippen molar-refractivity contribution in [1.82, 2.24) is 10.0 Å². The molecule has 33 heavy (non-hydrogen) atoms. The van der Waals surface area contributed by atoms with Gasteiger partial charge in [-0.05, 0) is 74.8 Å². The number of anilines is 2. The highest BCUT2D eigenvalue weighted by Crippen LogP contribution is 2.16. The van der Waals surface area contributed by atoms with Gasteiger partial charge in [-0.1, -0.05) is 17.7 Å². The quantitative estimate of drug-likeness (QED) is 0.250. The molecule has 0 saturated carbocycles. The van der Waals surface area contributed by atoms with Gasteiger partial charge in [-0.2, -0.15) is 4.72 Å². The van der Waals surface area contributed by atoms with Gasteiger partial charge < -0.3 is 20.3 Å². The van der Waals surface area contributed by atoms with E-state index in [1.165, 1.54) is 19.2 Å². The molecule has 1 unspecified atom stereocenters. The second kappa shape index (κ2) is 12.5. The van der Waals surface area contributed by atoms with E-state index in [0.29, 0.717) is 30.9 Å². The maximum absolute atomic E-state index is 12.6. The molecule has 10 heteroatoms. The number of sulfonamides is 1. The fourth-order valence-corrected chi connectivity index (χ4v) is 4.47. The van der Waals surface area contributed by atoms with Gasteiger partial charge in [0, 0.05) is 32.0 Å². The Balaban J connectivity index is 1.80. The zero-order valence-corrected chi connectivity index (χ0v) is 21.1. The van der Waals surface area contributed by atoms with E-state index < -0.39 is 22.0 Å². The van der Waals surface area contributed by atoms with Gasteiger partial charge in [0.2, 0.25) is 10.0 Å². The highest BCUT2D eigenvalue weighted by molar-refractivity contribution is 7.89. The largest absolute Gasteiger partial charge is 0.468 e. The molecule has 8 nitrogen and oxygen atoms in total. The van der Waals surface area contributed by atoms with Gasteiger partial charge in [0.1, 0.15) is 6.04 Å². The van der Waals surface area contributed by atoms with E-state index in [2.05, 4.69) is 15.4 Å². The molecule has 2 rings (SSSR count). The van der Waals surface area contributed by atoms with Crippen molar-refractivity contribution >= 4 is 44.7 Å². The van der Waals surface area contributed by atoms with Crippen LogP contribution in [-0.2, 0) is 19.6 Å². The van der Waals surface area contributed by atoms with Gasteiger partial charge in [0.05, 0.1) is 12.0 Å². The van der Waals surface area contributed by atoms with Gasteiger partial charge in [-0.3, -0.25) is 4.79 Å². The summed E-state index contributed by atoms with van der Waals surface area (Å²) in [6.07, 6.45) is 1.61. The lowest BCUT2D eigenvalue weighted by Gasteiger charge is -2.17. The molecule has 0 aliphatic carbocycles. The van der Waals surface area contributed by atoms with Crippen molar-refractivity contribution in [3.63, 3.8) is 0 Å². The number of aryl methyl sites for hydroxylation is 1. The number of thiocarbonyl (C=S) groups is 1. The summed E-state index contributed by atoms with van der Waals surface area (Å²) < 4.78 is 32.5. The number of carbonyl (C=O) groups excluding carboxylic acids is 1. The summed E-state index contributed by atoms with van der Waals surface area (Å²) in [5, 5.41) is 6.74. The van der Waals surface area contributed by atoms with Crippen molar-refractivity contribution in [2.45, 2.75) is 37.1 Å². The second-order valence-electron chi connectivity index (χ2n) is 7.83. The molecule has 0 radical (unpaired) electrons. The lowest BCUT2D eigenvalue weighted by atomic mass is 10.1. The Labute approximate surface area is 201 Å². The molecule has 0 heterocycles. The number of rotatable bonds is 11. The molecule has 3 N–H and O–H groups in total. The average Bonchev–Trinajstić information content (AvgIpc) is 2.78. The highest BCUT2D eigenvalue weighted by Gasteiger charge is 2.26. The molecule has 0 saturated heterocycles. The molecular weight excluding hydrogens is 460 g/mol. The molecule has 0 aliphatic rings. The molecule has 0 spiro atoms. The first-order chi connectivity index (χ1) is 15.6. The minimum Gasteiger partial charge on any atom is -0.468 e. The number of nitrogens with one attached hydrogen (secondary N) is 3. The SMILES string of the molecule is COC(=O)C(CCCCNC(=S)Nc1ccc(N(C)C)cc1)NS(=O)(=O)c1ccc(C)cc1. The molecule has 0 amide bonds. The van der Waals surface area contributed by atoms with Crippen LogP contribution in [-0.4, -0.2) is 53.3 Å². The van der Waals surface area contributed by atoms with Crippen LogP contribution >= 0.6 is 12.2 Å². The summed E-state index contributed by atoms with van der Waals surface area (Å²) >= 11 is 5.32. The number of esters is 1. The lowest BCUT2D eigenvalue weighted by Crippen LogP contribution is -2.41. The molecule has 2 aromatic carbocycles. The normalized spacial score (nSPS) is 12.0. The number of hydrogen-bond acceptors (Lipinski definition) is 6. The number of methoxy groups -OCH3 is 1. The summed E-state index contributed by atoms with van der Waals surface area (Å²) in [7, 11) is 1.37. The van der Waals surface area contributed by atoms with Gasteiger partial charge in [-0.15, -0.1) is 0 Å². The van der Waals surface area contributed by atoms with Crippen LogP contribution < -0.4 is 20.3 Å². The van der Waals surface area contributed by atoms with Gasteiger partial charge in [-0.25, -0.2) is 8.42 Å². The topological polar surface area (TPSA) is 99.8 Å². The maximum atomic E-state index is 12.6. The summed E-state index contributed by atoms with van der Waals surface area (Å²) in [6, 6.07) is 13.4. The van der Waals surface area contributed by atoms with E-state index in [1.807, 2.05) is 50.2 Å². The van der Waals surface area contributed by atoms with E-state index in [-0.39, 0.29) is 4.90 Å². The first-order valence-corrected chi connectivity index (χ1v) is 12.5. The van der Waals surface area contributed by atoms with Crippen LogP contribution in [0.25, 0.3) is 0 Å². The molecule has 0 aromatic heterocycles. The molecule has 0 fully saturated rings. The predicted molar refractivity (Wildman–Crippen MR) is 136 cm³/mol. The number of benzene rings is 2. The first-order valence-electron chi connectivity index (χ1n) is 10.6. The molecule has 180 valence electrons.